The third kappa shape index (κ3) is 5.74. The molecule has 0 aliphatic carbocycles. The second-order valence-corrected chi connectivity index (χ2v) is 2.19. The van der Waals surface area contributed by atoms with E-state index < -0.39 is 24.6 Å². The molecule has 0 aliphatic rings. The minimum Gasteiger partial charge on any atom is -0.480 e. The molecule has 0 spiro atoms. The van der Waals surface area contributed by atoms with Crippen molar-refractivity contribution in [3.8, 4) is 0 Å². The normalized spacial score (nSPS) is 14.5. The fourth-order valence-corrected chi connectivity index (χ4v) is 0.319. The number of aliphatic hydroxyl groups is 2. The van der Waals surface area contributed by atoms with E-state index in [1.165, 1.54) is 0 Å². The van der Waals surface area contributed by atoms with E-state index in [1.54, 1.807) is 0 Å². The molecule has 5 N–H and O–H groups in total. The number of carbonyl (C=O) groups is 1. The SMILES string of the molecule is CC(O)(O)OC[C@H](N)C(=O)O. The molecule has 6 nitrogen and oxygen atoms in total. The van der Waals surface area contributed by atoms with Crippen LogP contribution in [-0.4, -0.2) is 39.9 Å². The second-order valence-electron chi connectivity index (χ2n) is 2.19. The first-order valence-corrected chi connectivity index (χ1v) is 2.90. The standard InChI is InChI=1S/C5H11NO5/c1-5(9,10)11-2-3(6)4(7)8/h3,9-10H,2,6H2,1H3,(H,7,8)/t3-/m0/s1. The number of aliphatic carboxylic acids is 1. The van der Waals surface area contributed by atoms with Crippen LogP contribution >= 0.6 is 0 Å². The molecular formula is C5H11NO5. The van der Waals surface area contributed by atoms with Gasteiger partial charge in [-0.1, -0.05) is 0 Å². The van der Waals surface area contributed by atoms with Crippen molar-refractivity contribution in [1.82, 2.24) is 0 Å². The van der Waals surface area contributed by atoms with Gasteiger partial charge in [-0.2, -0.15) is 0 Å². The first kappa shape index (κ1) is 10.3. The van der Waals surface area contributed by atoms with Crippen LogP contribution in [0.5, 0.6) is 0 Å². The van der Waals surface area contributed by atoms with Crippen LogP contribution in [0, 0.1) is 0 Å². The van der Waals surface area contributed by atoms with E-state index in [0.29, 0.717) is 0 Å². The Morgan fingerprint density at radius 2 is 2.18 bits per heavy atom. The molecule has 0 radical (unpaired) electrons. The van der Waals surface area contributed by atoms with E-state index in [1.807, 2.05) is 0 Å². The molecule has 0 aliphatic heterocycles. The summed E-state index contributed by atoms with van der Waals surface area (Å²) in [5, 5.41) is 25.3. The Hall–Kier alpha value is -0.690. The molecule has 66 valence electrons. The van der Waals surface area contributed by atoms with E-state index in [9.17, 15) is 4.79 Å². The summed E-state index contributed by atoms with van der Waals surface area (Å²) in [6.45, 7) is 0.514. The smallest absolute Gasteiger partial charge is 0.322 e. The highest BCUT2D eigenvalue weighted by Crippen LogP contribution is 1.99. The summed E-state index contributed by atoms with van der Waals surface area (Å²) in [6, 6.07) is -1.24. The highest BCUT2D eigenvalue weighted by Gasteiger charge is 2.20. The van der Waals surface area contributed by atoms with Crippen molar-refractivity contribution in [2.75, 3.05) is 6.61 Å². The monoisotopic (exact) mass is 165 g/mol. The average Bonchev–Trinajstić information content (AvgIpc) is 1.80. The van der Waals surface area contributed by atoms with Gasteiger partial charge in [-0.3, -0.25) is 4.79 Å². The lowest BCUT2D eigenvalue weighted by Gasteiger charge is -2.17. The van der Waals surface area contributed by atoms with Crippen LogP contribution in [-0.2, 0) is 9.53 Å². The minimum atomic E-state index is -2.33. The van der Waals surface area contributed by atoms with Crippen molar-refractivity contribution in [3.05, 3.63) is 0 Å². The molecule has 0 aromatic carbocycles. The molecule has 0 fully saturated rings. The Balaban J connectivity index is 3.63. The molecule has 0 saturated carbocycles. The predicted molar refractivity (Wildman–Crippen MR) is 34.4 cm³/mol. The summed E-state index contributed by atoms with van der Waals surface area (Å²) >= 11 is 0. The van der Waals surface area contributed by atoms with E-state index in [2.05, 4.69) is 4.74 Å². The summed E-state index contributed by atoms with van der Waals surface area (Å²) in [6.07, 6.45) is 0. The summed E-state index contributed by atoms with van der Waals surface area (Å²) in [5.41, 5.74) is 4.98. The molecule has 0 aromatic rings. The fraction of sp³-hybridized carbons (Fsp3) is 0.800. The van der Waals surface area contributed by atoms with Crippen molar-refractivity contribution in [1.29, 1.82) is 0 Å². The van der Waals surface area contributed by atoms with Gasteiger partial charge in [0.25, 0.3) is 5.97 Å². The summed E-state index contributed by atoms with van der Waals surface area (Å²) in [4.78, 5) is 10.0. The highest BCUT2D eigenvalue weighted by molar-refractivity contribution is 5.73. The Morgan fingerprint density at radius 3 is 2.45 bits per heavy atom. The van der Waals surface area contributed by atoms with Gasteiger partial charge < -0.3 is 25.8 Å². The number of ether oxygens (including phenoxy) is 1. The van der Waals surface area contributed by atoms with Crippen LogP contribution in [0.25, 0.3) is 0 Å². The first-order valence-electron chi connectivity index (χ1n) is 2.90. The van der Waals surface area contributed by atoms with Crippen LogP contribution in [0.1, 0.15) is 6.92 Å². The zero-order chi connectivity index (χ0) is 9.07. The number of nitrogens with two attached hydrogens (primary N) is 1. The number of hydrogen-bond acceptors (Lipinski definition) is 5. The van der Waals surface area contributed by atoms with Crippen molar-refractivity contribution in [2.24, 2.45) is 5.73 Å². The number of hydrogen-bond donors (Lipinski definition) is 4. The van der Waals surface area contributed by atoms with Crippen molar-refractivity contribution in [2.45, 2.75) is 18.9 Å². The van der Waals surface area contributed by atoms with E-state index in [-0.39, 0.29) is 0 Å². The zero-order valence-electron chi connectivity index (χ0n) is 6.02. The van der Waals surface area contributed by atoms with Gasteiger partial charge in [0, 0.05) is 6.92 Å². The molecule has 0 bridgehead atoms. The Bertz CT molecular complexity index is 140. The van der Waals surface area contributed by atoms with Crippen molar-refractivity contribution < 1.29 is 24.9 Å². The van der Waals surface area contributed by atoms with Crippen LogP contribution in [0.3, 0.4) is 0 Å². The zero-order valence-corrected chi connectivity index (χ0v) is 6.02. The number of rotatable bonds is 4. The Kier molecular flexibility index (Phi) is 3.40. The third-order valence-corrected chi connectivity index (χ3v) is 0.854. The maximum Gasteiger partial charge on any atom is 0.322 e. The molecule has 0 aromatic heterocycles. The lowest BCUT2D eigenvalue weighted by molar-refractivity contribution is -0.325. The molecule has 11 heavy (non-hydrogen) atoms. The maximum absolute atomic E-state index is 10.0. The highest BCUT2D eigenvalue weighted by atomic mass is 16.8. The maximum atomic E-state index is 10.0. The molecule has 6 heteroatoms. The minimum absolute atomic E-state index is 0.446. The van der Waals surface area contributed by atoms with Crippen molar-refractivity contribution in [3.63, 3.8) is 0 Å². The largest absolute Gasteiger partial charge is 0.480 e. The van der Waals surface area contributed by atoms with Crippen LogP contribution < -0.4 is 5.73 Å². The third-order valence-electron chi connectivity index (χ3n) is 0.854. The van der Waals surface area contributed by atoms with E-state index >= 15 is 0 Å². The van der Waals surface area contributed by atoms with Gasteiger partial charge in [-0.25, -0.2) is 0 Å². The lowest BCUT2D eigenvalue weighted by atomic mass is 10.3. The topological polar surface area (TPSA) is 113 Å². The van der Waals surface area contributed by atoms with Gasteiger partial charge in [0.1, 0.15) is 6.04 Å². The summed E-state index contributed by atoms with van der Waals surface area (Å²) in [7, 11) is 0. The van der Waals surface area contributed by atoms with Gasteiger partial charge in [-0.05, 0) is 0 Å². The van der Waals surface area contributed by atoms with Gasteiger partial charge in [-0.15, -0.1) is 0 Å². The van der Waals surface area contributed by atoms with Crippen LogP contribution in [0.4, 0.5) is 0 Å². The van der Waals surface area contributed by atoms with Gasteiger partial charge in [0.05, 0.1) is 6.61 Å². The van der Waals surface area contributed by atoms with Crippen LogP contribution in [0.15, 0.2) is 0 Å². The van der Waals surface area contributed by atoms with Crippen LogP contribution in [0.2, 0.25) is 0 Å². The summed E-state index contributed by atoms with van der Waals surface area (Å²) < 4.78 is 4.26. The van der Waals surface area contributed by atoms with E-state index in [0.717, 1.165) is 6.92 Å². The number of carboxylic acids is 1. The van der Waals surface area contributed by atoms with Crippen molar-refractivity contribution >= 4 is 5.97 Å². The fourth-order valence-electron chi connectivity index (χ4n) is 0.319. The molecule has 0 rings (SSSR count). The molecule has 0 saturated heterocycles. The Morgan fingerprint density at radius 1 is 1.73 bits per heavy atom. The van der Waals surface area contributed by atoms with Gasteiger partial charge >= 0.3 is 5.97 Å². The van der Waals surface area contributed by atoms with E-state index in [4.69, 9.17) is 21.1 Å². The lowest BCUT2D eigenvalue weighted by Crippen LogP contribution is -2.39. The molecule has 0 amide bonds. The second kappa shape index (κ2) is 3.63. The predicted octanol–water partition coefficient (Wildman–Crippen LogP) is -1.93. The Labute approximate surface area is 63.2 Å². The molecule has 0 heterocycles. The average molecular weight is 165 g/mol. The molecule has 0 unspecified atom stereocenters. The van der Waals surface area contributed by atoms with Gasteiger partial charge in [0.2, 0.25) is 0 Å². The summed E-state index contributed by atoms with van der Waals surface area (Å²) in [5.74, 6) is -3.58. The van der Waals surface area contributed by atoms with Gasteiger partial charge in [0.15, 0.2) is 0 Å². The molecular weight excluding hydrogens is 154 g/mol. The first-order chi connectivity index (χ1) is 4.83. The quantitative estimate of drug-likeness (QED) is 0.361. The number of carboxylic acid groups (broad SMARTS) is 1. The molecule has 1 atom stereocenters.